The molecule has 0 saturated heterocycles. The molecule has 122 valence electrons. The number of nitrogens with zero attached hydrogens (tertiary/aromatic N) is 5. The summed E-state index contributed by atoms with van der Waals surface area (Å²) in [5.41, 5.74) is 3.16. The van der Waals surface area contributed by atoms with E-state index in [2.05, 4.69) is 27.0 Å². The minimum atomic E-state index is 0.664. The highest BCUT2D eigenvalue weighted by Gasteiger charge is 2.26. The number of benzene rings is 2. The highest BCUT2D eigenvalue weighted by molar-refractivity contribution is 6.31. The Kier molecular flexibility index (Phi) is 3.75. The summed E-state index contributed by atoms with van der Waals surface area (Å²) in [6.07, 6.45) is 0. The first-order chi connectivity index (χ1) is 11.6. The van der Waals surface area contributed by atoms with Crippen molar-refractivity contribution in [2.24, 2.45) is 0 Å². The van der Waals surface area contributed by atoms with Crippen LogP contribution in [0, 0.1) is 0 Å². The van der Waals surface area contributed by atoms with Gasteiger partial charge in [0.1, 0.15) is 0 Å². The van der Waals surface area contributed by atoms with E-state index in [1.54, 1.807) is 0 Å². The molecule has 2 heterocycles. The molecule has 0 unspecified atom stereocenters. The molecule has 0 saturated carbocycles. The van der Waals surface area contributed by atoms with Gasteiger partial charge in [0.15, 0.2) is 11.6 Å². The van der Waals surface area contributed by atoms with Gasteiger partial charge in [-0.2, -0.15) is 0 Å². The molecule has 1 aliphatic rings. The van der Waals surface area contributed by atoms with Gasteiger partial charge in [-0.15, -0.1) is 5.10 Å². The average Bonchev–Trinajstić information content (AvgIpc) is 2.96. The van der Waals surface area contributed by atoms with Gasteiger partial charge in [0.2, 0.25) is 0 Å². The molecule has 0 atom stereocenters. The summed E-state index contributed by atoms with van der Waals surface area (Å²) in [5, 5.41) is 5.40. The molecule has 0 N–H and O–H groups in total. The number of hydrogen-bond acceptors (Lipinski definition) is 4. The minimum absolute atomic E-state index is 0.664. The van der Waals surface area contributed by atoms with E-state index >= 15 is 0 Å². The summed E-state index contributed by atoms with van der Waals surface area (Å²) in [4.78, 5) is 9.02. The molecule has 0 fully saturated rings. The van der Waals surface area contributed by atoms with Crippen LogP contribution in [-0.2, 0) is 13.1 Å². The normalized spacial score (nSPS) is 13.1. The highest BCUT2D eigenvalue weighted by Crippen LogP contribution is 2.37. The van der Waals surface area contributed by atoms with Gasteiger partial charge in [0, 0.05) is 10.7 Å². The Hall–Kier alpha value is -2.37. The van der Waals surface area contributed by atoms with Gasteiger partial charge >= 0.3 is 0 Å². The van der Waals surface area contributed by atoms with Crippen molar-refractivity contribution in [1.82, 2.24) is 19.7 Å². The van der Waals surface area contributed by atoms with Crippen molar-refractivity contribution >= 4 is 23.0 Å². The van der Waals surface area contributed by atoms with Crippen LogP contribution < -0.4 is 4.90 Å². The fourth-order valence-electron chi connectivity index (χ4n) is 2.99. The van der Waals surface area contributed by atoms with E-state index in [0.717, 1.165) is 28.7 Å². The largest absolute Gasteiger partial charge is 0.332 e. The lowest BCUT2D eigenvalue weighted by atomic mass is 10.1. The second-order valence-corrected chi connectivity index (χ2v) is 6.59. The van der Waals surface area contributed by atoms with Crippen LogP contribution in [0.2, 0.25) is 5.02 Å². The third-order valence-corrected chi connectivity index (χ3v) is 4.23. The smallest absolute Gasteiger partial charge is 0.165 e. The molecule has 0 spiro atoms. The summed E-state index contributed by atoms with van der Waals surface area (Å²) < 4.78 is 1.93. The van der Waals surface area contributed by atoms with E-state index < -0.39 is 0 Å². The van der Waals surface area contributed by atoms with Crippen LogP contribution in [0.5, 0.6) is 0 Å². The fourth-order valence-corrected chi connectivity index (χ4v) is 3.16. The van der Waals surface area contributed by atoms with Crippen molar-refractivity contribution in [3.05, 3.63) is 65.2 Å². The summed E-state index contributed by atoms with van der Waals surface area (Å²) >= 11 is 6.25. The molecule has 3 aromatic rings. The summed E-state index contributed by atoms with van der Waals surface area (Å²) in [7, 11) is 4.04. The topological polar surface area (TPSA) is 37.2 Å². The molecular formula is C18H18ClN5. The standard InChI is InChI=1S/C18H18ClN5/c1-22(2)11-17-20-18-12-23(14-6-4-3-5-7-14)16-10-13(19)8-9-15(16)24(18)21-17/h3-10H,11-12H2,1-2H3. The van der Waals surface area contributed by atoms with Gasteiger partial charge in [-0.3, -0.25) is 0 Å². The number of fused-ring (bicyclic) bond motifs is 3. The lowest BCUT2D eigenvalue weighted by molar-refractivity contribution is 0.390. The Morgan fingerprint density at radius 1 is 1.08 bits per heavy atom. The van der Waals surface area contributed by atoms with Crippen molar-refractivity contribution in [1.29, 1.82) is 0 Å². The zero-order valence-electron chi connectivity index (χ0n) is 13.6. The molecule has 0 amide bonds. The van der Waals surface area contributed by atoms with Gasteiger partial charge in [-0.25, -0.2) is 9.67 Å². The number of aromatic nitrogens is 3. The maximum absolute atomic E-state index is 6.25. The van der Waals surface area contributed by atoms with Crippen LogP contribution in [0.15, 0.2) is 48.5 Å². The Bertz CT molecular complexity index is 872. The van der Waals surface area contributed by atoms with E-state index in [1.165, 1.54) is 0 Å². The Balaban J connectivity index is 1.85. The maximum atomic E-state index is 6.25. The first-order valence-electron chi connectivity index (χ1n) is 7.84. The molecule has 2 aromatic carbocycles. The van der Waals surface area contributed by atoms with E-state index in [9.17, 15) is 0 Å². The Morgan fingerprint density at radius 2 is 1.88 bits per heavy atom. The van der Waals surface area contributed by atoms with E-state index in [1.807, 2.05) is 55.2 Å². The van der Waals surface area contributed by atoms with E-state index in [-0.39, 0.29) is 0 Å². The fraction of sp³-hybridized carbons (Fsp3) is 0.222. The van der Waals surface area contributed by atoms with Crippen molar-refractivity contribution in [2.45, 2.75) is 13.1 Å². The zero-order chi connectivity index (χ0) is 16.7. The van der Waals surface area contributed by atoms with Gasteiger partial charge in [-0.1, -0.05) is 29.8 Å². The number of para-hydroxylation sites is 1. The number of hydrogen-bond donors (Lipinski definition) is 0. The predicted octanol–water partition coefficient (Wildman–Crippen LogP) is 3.63. The molecule has 0 aliphatic carbocycles. The minimum Gasteiger partial charge on any atom is -0.332 e. The first-order valence-corrected chi connectivity index (χ1v) is 8.21. The third kappa shape index (κ3) is 2.66. The lowest BCUT2D eigenvalue weighted by Crippen LogP contribution is -2.26. The number of halogens is 1. The maximum Gasteiger partial charge on any atom is 0.165 e. The van der Waals surface area contributed by atoms with Crippen molar-refractivity contribution in [2.75, 3.05) is 19.0 Å². The van der Waals surface area contributed by atoms with Crippen LogP contribution in [0.1, 0.15) is 11.6 Å². The van der Waals surface area contributed by atoms with E-state index in [4.69, 9.17) is 16.6 Å². The van der Waals surface area contributed by atoms with Crippen LogP contribution in [0.4, 0.5) is 11.4 Å². The molecular weight excluding hydrogens is 322 g/mol. The SMILES string of the molecule is CN(C)Cc1nc2n(n1)-c1ccc(Cl)cc1N(c1ccccc1)C2. The van der Waals surface area contributed by atoms with Crippen molar-refractivity contribution < 1.29 is 0 Å². The van der Waals surface area contributed by atoms with Crippen molar-refractivity contribution in [3.63, 3.8) is 0 Å². The van der Waals surface area contributed by atoms with Crippen LogP contribution in [0.3, 0.4) is 0 Å². The first kappa shape index (κ1) is 15.2. The van der Waals surface area contributed by atoms with Crippen LogP contribution in [0.25, 0.3) is 5.69 Å². The van der Waals surface area contributed by atoms with Gasteiger partial charge in [0.25, 0.3) is 0 Å². The van der Waals surface area contributed by atoms with Gasteiger partial charge in [0.05, 0.1) is 24.5 Å². The van der Waals surface area contributed by atoms with E-state index in [0.29, 0.717) is 18.1 Å². The third-order valence-electron chi connectivity index (χ3n) is 4.00. The Morgan fingerprint density at radius 3 is 2.62 bits per heavy atom. The molecule has 4 rings (SSSR count). The molecule has 24 heavy (non-hydrogen) atoms. The molecule has 1 aromatic heterocycles. The second-order valence-electron chi connectivity index (χ2n) is 6.15. The summed E-state index contributed by atoms with van der Waals surface area (Å²) in [5.74, 6) is 1.76. The number of rotatable bonds is 3. The second kappa shape index (κ2) is 5.92. The van der Waals surface area contributed by atoms with Crippen LogP contribution >= 0.6 is 11.6 Å². The Labute approximate surface area is 146 Å². The molecule has 5 nitrogen and oxygen atoms in total. The zero-order valence-corrected chi connectivity index (χ0v) is 14.4. The summed E-state index contributed by atoms with van der Waals surface area (Å²) in [6, 6.07) is 16.2. The molecule has 6 heteroatoms. The number of anilines is 2. The molecule has 0 radical (unpaired) electrons. The van der Waals surface area contributed by atoms with Gasteiger partial charge in [-0.05, 0) is 44.4 Å². The predicted molar refractivity (Wildman–Crippen MR) is 96.0 cm³/mol. The van der Waals surface area contributed by atoms with Gasteiger partial charge < -0.3 is 9.80 Å². The quantitative estimate of drug-likeness (QED) is 0.730. The lowest BCUT2D eigenvalue weighted by Gasteiger charge is -2.31. The summed E-state index contributed by atoms with van der Waals surface area (Å²) in [6.45, 7) is 1.38. The highest BCUT2D eigenvalue weighted by atomic mass is 35.5. The van der Waals surface area contributed by atoms with Crippen molar-refractivity contribution in [3.8, 4) is 5.69 Å². The molecule has 1 aliphatic heterocycles. The molecule has 0 bridgehead atoms. The van der Waals surface area contributed by atoms with Crippen LogP contribution in [-0.4, -0.2) is 33.8 Å². The monoisotopic (exact) mass is 339 g/mol. The average molecular weight is 340 g/mol.